The average Bonchev–Trinajstić information content (AvgIpc) is 2.22. The number of nitrogens with one attached hydrogen (secondary N) is 2. The highest BCUT2D eigenvalue weighted by Crippen LogP contribution is 2.26. The highest BCUT2D eigenvalue weighted by atomic mass is 35.5. The lowest BCUT2D eigenvalue weighted by atomic mass is 10.2. The average molecular weight is 278 g/mol. The summed E-state index contributed by atoms with van der Waals surface area (Å²) in [7, 11) is -2.71. The van der Waals surface area contributed by atoms with Crippen LogP contribution in [0.4, 0.5) is 10.5 Å². The normalized spacial score (nSPS) is 11.0. The van der Waals surface area contributed by atoms with Crippen LogP contribution in [-0.2, 0) is 10.0 Å². The fourth-order valence-corrected chi connectivity index (χ4v) is 2.68. The van der Waals surface area contributed by atoms with Crippen molar-refractivity contribution in [1.29, 1.82) is 0 Å². The first-order valence-electron chi connectivity index (χ1n) is 4.58. The van der Waals surface area contributed by atoms with E-state index in [4.69, 9.17) is 17.3 Å². The minimum absolute atomic E-state index is 0.00750. The van der Waals surface area contributed by atoms with Gasteiger partial charge in [0.05, 0.1) is 5.02 Å². The molecule has 0 spiro atoms. The molecule has 2 amide bonds. The van der Waals surface area contributed by atoms with Gasteiger partial charge in [0, 0.05) is 12.7 Å². The van der Waals surface area contributed by atoms with Gasteiger partial charge in [-0.2, -0.15) is 0 Å². The van der Waals surface area contributed by atoms with Crippen LogP contribution in [0.15, 0.2) is 17.0 Å². The van der Waals surface area contributed by atoms with Crippen molar-refractivity contribution in [3.8, 4) is 0 Å². The van der Waals surface area contributed by atoms with Gasteiger partial charge in [0.25, 0.3) is 10.0 Å². The van der Waals surface area contributed by atoms with Gasteiger partial charge in [0.2, 0.25) is 0 Å². The van der Waals surface area contributed by atoms with Gasteiger partial charge in [-0.15, -0.1) is 0 Å². The molecule has 1 rings (SSSR count). The standard InChI is InChI=1S/C9H12ClN3O3S/c1-5-3-6(10)8(4-7(5)11)17(15,16)13-9(14)12-2/h3-4H,11H2,1-2H3,(H2,12,13,14). The fraction of sp³-hybridized carbons (Fsp3) is 0.222. The lowest BCUT2D eigenvalue weighted by Gasteiger charge is -2.10. The van der Waals surface area contributed by atoms with E-state index in [-0.39, 0.29) is 15.6 Å². The van der Waals surface area contributed by atoms with Crippen molar-refractivity contribution in [3.05, 3.63) is 22.7 Å². The predicted octanol–water partition coefficient (Wildman–Crippen LogP) is 0.848. The number of urea groups is 1. The third kappa shape index (κ3) is 3.01. The van der Waals surface area contributed by atoms with Crippen molar-refractivity contribution in [2.24, 2.45) is 0 Å². The SMILES string of the molecule is CNC(=O)NS(=O)(=O)c1cc(N)c(C)cc1Cl. The number of hydrogen-bond donors (Lipinski definition) is 3. The molecule has 94 valence electrons. The number of hydrogen-bond acceptors (Lipinski definition) is 4. The number of nitrogens with two attached hydrogens (primary N) is 1. The van der Waals surface area contributed by atoms with Crippen LogP contribution in [0.25, 0.3) is 0 Å². The molecule has 0 aliphatic rings. The van der Waals surface area contributed by atoms with Gasteiger partial charge in [-0.1, -0.05) is 11.6 Å². The number of sulfonamides is 1. The Balaban J connectivity index is 3.25. The molecule has 0 aliphatic heterocycles. The van der Waals surface area contributed by atoms with Crippen molar-refractivity contribution < 1.29 is 13.2 Å². The summed E-state index contributed by atoms with van der Waals surface area (Å²) in [6, 6.07) is 1.79. The second-order valence-corrected chi connectivity index (χ2v) is 5.38. The molecule has 0 heterocycles. The summed E-state index contributed by atoms with van der Waals surface area (Å²) in [5.41, 5.74) is 6.54. The van der Waals surface area contributed by atoms with E-state index in [1.54, 1.807) is 11.6 Å². The van der Waals surface area contributed by atoms with E-state index in [1.807, 2.05) is 0 Å². The lowest BCUT2D eigenvalue weighted by Crippen LogP contribution is -2.37. The molecule has 0 aliphatic carbocycles. The van der Waals surface area contributed by atoms with Gasteiger partial charge in [0.1, 0.15) is 4.90 Å². The molecule has 0 radical (unpaired) electrons. The van der Waals surface area contributed by atoms with E-state index in [2.05, 4.69) is 5.32 Å². The number of anilines is 1. The molecule has 4 N–H and O–H groups in total. The number of carbonyl (C=O) groups excluding carboxylic acids is 1. The highest BCUT2D eigenvalue weighted by molar-refractivity contribution is 7.90. The van der Waals surface area contributed by atoms with Crippen molar-refractivity contribution >= 4 is 33.3 Å². The van der Waals surface area contributed by atoms with E-state index in [0.717, 1.165) is 0 Å². The summed E-state index contributed by atoms with van der Waals surface area (Å²) in [4.78, 5) is 10.8. The smallest absolute Gasteiger partial charge is 0.328 e. The molecule has 0 saturated heterocycles. The zero-order valence-corrected chi connectivity index (χ0v) is 10.8. The van der Waals surface area contributed by atoms with Gasteiger partial charge in [-0.25, -0.2) is 17.9 Å². The zero-order valence-electron chi connectivity index (χ0n) is 9.24. The maximum Gasteiger partial charge on any atom is 0.328 e. The Morgan fingerprint density at radius 3 is 2.53 bits per heavy atom. The molecule has 1 aromatic carbocycles. The van der Waals surface area contributed by atoms with Crippen LogP contribution in [-0.4, -0.2) is 21.5 Å². The fourth-order valence-electron chi connectivity index (χ4n) is 1.10. The minimum Gasteiger partial charge on any atom is -0.398 e. The summed E-state index contributed by atoms with van der Waals surface area (Å²) >= 11 is 5.81. The largest absolute Gasteiger partial charge is 0.398 e. The quantitative estimate of drug-likeness (QED) is 0.698. The summed E-state index contributed by atoms with van der Waals surface area (Å²) in [6.45, 7) is 1.70. The molecular formula is C9H12ClN3O3S. The maximum atomic E-state index is 11.8. The van der Waals surface area contributed by atoms with Gasteiger partial charge in [-0.05, 0) is 24.6 Å². The van der Waals surface area contributed by atoms with Crippen LogP contribution in [0, 0.1) is 6.92 Å². The molecule has 0 saturated carbocycles. The number of aryl methyl sites for hydroxylation is 1. The van der Waals surface area contributed by atoms with Crippen molar-refractivity contribution in [2.75, 3.05) is 12.8 Å². The Bertz CT molecular complexity index is 557. The molecule has 0 bridgehead atoms. The zero-order chi connectivity index (χ0) is 13.2. The third-order valence-electron chi connectivity index (χ3n) is 2.06. The number of amides is 2. The molecule has 0 fully saturated rings. The van der Waals surface area contributed by atoms with E-state index in [0.29, 0.717) is 5.56 Å². The van der Waals surface area contributed by atoms with Crippen LogP contribution in [0.1, 0.15) is 5.56 Å². The van der Waals surface area contributed by atoms with E-state index in [9.17, 15) is 13.2 Å². The predicted molar refractivity (Wildman–Crippen MR) is 65.4 cm³/mol. The van der Waals surface area contributed by atoms with Gasteiger partial charge < -0.3 is 11.1 Å². The van der Waals surface area contributed by atoms with Crippen molar-refractivity contribution in [3.63, 3.8) is 0 Å². The van der Waals surface area contributed by atoms with Crippen LogP contribution in [0.5, 0.6) is 0 Å². The minimum atomic E-state index is -4.02. The monoisotopic (exact) mass is 277 g/mol. The summed E-state index contributed by atoms with van der Waals surface area (Å²) in [5, 5.41) is 2.14. The maximum absolute atomic E-state index is 11.8. The molecule has 0 unspecified atom stereocenters. The summed E-state index contributed by atoms with van der Waals surface area (Å²) in [6.07, 6.45) is 0. The second-order valence-electron chi connectivity index (χ2n) is 3.32. The van der Waals surface area contributed by atoms with Crippen LogP contribution in [0.3, 0.4) is 0 Å². The van der Waals surface area contributed by atoms with E-state index in [1.165, 1.54) is 19.2 Å². The molecule has 0 atom stereocenters. The van der Waals surface area contributed by atoms with Crippen molar-refractivity contribution in [1.82, 2.24) is 10.0 Å². The van der Waals surface area contributed by atoms with Crippen LogP contribution >= 0.6 is 11.6 Å². The molecule has 8 heteroatoms. The number of halogens is 1. The number of nitrogen functional groups attached to an aromatic ring is 1. The second kappa shape index (κ2) is 4.80. The van der Waals surface area contributed by atoms with Gasteiger partial charge in [0.15, 0.2) is 0 Å². The van der Waals surface area contributed by atoms with E-state index >= 15 is 0 Å². The van der Waals surface area contributed by atoms with E-state index < -0.39 is 16.1 Å². The summed E-state index contributed by atoms with van der Waals surface area (Å²) < 4.78 is 25.3. The molecule has 17 heavy (non-hydrogen) atoms. The first kappa shape index (κ1) is 13.6. The summed E-state index contributed by atoms with van der Waals surface area (Å²) in [5.74, 6) is 0. The topological polar surface area (TPSA) is 101 Å². The number of carbonyl (C=O) groups is 1. The lowest BCUT2D eigenvalue weighted by molar-refractivity contribution is 0.248. The van der Waals surface area contributed by atoms with Gasteiger partial charge >= 0.3 is 6.03 Å². The Morgan fingerprint density at radius 1 is 1.41 bits per heavy atom. The Hall–Kier alpha value is -1.47. The highest BCUT2D eigenvalue weighted by Gasteiger charge is 2.21. The number of benzene rings is 1. The molecule has 1 aromatic rings. The Labute approximate surface area is 104 Å². The van der Waals surface area contributed by atoms with Gasteiger partial charge in [-0.3, -0.25) is 0 Å². The first-order chi connectivity index (χ1) is 7.77. The Kier molecular flexibility index (Phi) is 3.84. The third-order valence-corrected chi connectivity index (χ3v) is 3.86. The Morgan fingerprint density at radius 2 is 2.00 bits per heavy atom. The van der Waals surface area contributed by atoms with Crippen molar-refractivity contribution in [2.45, 2.75) is 11.8 Å². The number of rotatable bonds is 2. The molecule has 0 aromatic heterocycles. The van der Waals surface area contributed by atoms with Crippen LogP contribution < -0.4 is 15.8 Å². The molecule has 6 nitrogen and oxygen atoms in total. The molecular weight excluding hydrogens is 266 g/mol. The van der Waals surface area contributed by atoms with Crippen LogP contribution in [0.2, 0.25) is 5.02 Å². The first-order valence-corrected chi connectivity index (χ1v) is 6.44.